The van der Waals surface area contributed by atoms with Crippen LogP contribution in [0, 0.1) is 11.8 Å². The molecule has 4 rings (SSSR count). The van der Waals surface area contributed by atoms with E-state index in [-0.39, 0.29) is 38.0 Å². The summed E-state index contributed by atoms with van der Waals surface area (Å²) in [5.41, 5.74) is -0.145. The summed E-state index contributed by atoms with van der Waals surface area (Å²) in [6.07, 6.45) is -9.60. The second-order valence-electron chi connectivity index (χ2n) is 19.8. The molecule has 0 aliphatic carbocycles. The number of methoxy groups -OCH3 is 1. The van der Waals surface area contributed by atoms with Crippen LogP contribution in [0.4, 0.5) is 0 Å². The molecule has 402 valence electrons. The lowest BCUT2D eigenvalue weighted by molar-refractivity contribution is -0.344. The average molecular weight is 1010 g/mol. The number of aldehydes is 1. The van der Waals surface area contributed by atoms with Crippen molar-refractivity contribution in [1.82, 2.24) is 9.80 Å². The Labute approximate surface area is 420 Å². The number of ether oxygens (including phenoxy) is 10. The zero-order valence-corrected chi connectivity index (χ0v) is 44.0. The Kier molecular flexibility index (Phi) is 23.8. The number of likely N-dealkylation sites (N-methyl/N-ethyl adjacent to an activating group) is 1. The first kappa shape index (κ1) is 59.5. The van der Waals surface area contributed by atoms with Gasteiger partial charge in [-0.15, -0.1) is 0 Å². The van der Waals surface area contributed by atoms with Crippen LogP contribution in [0.3, 0.4) is 0 Å². The van der Waals surface area contributed by atoms with Crippen molar-refractivity contribution in [1.29, 1.82) is 0 Å². The van der Waals surface area contributed by atoms with Gasteiger partial charge < -0.3 is 62.2 Å². The minimum absolute atomic E-state index is 0.0230. The second kappa shape index (κ2) is 28.4. The van der Waals surface area contributed by atoms with Crippen LogP contribution in [0.25, 0.3) is 0 Å². The van der Waals surface area contributed by atoms with Gasteiger partial charge >= 0.3 is 29.8 Å². The summed E-state index contributed by atoms with van der Waals surface area (Å²) in [5, 5.41) is 12.4. The SMILES string of the molecule is CCC(=O)O[C@@H]1CC(=O)O[C@H](C)CCN(CCCc2ccccc2)C[C@H](OC(C)=O)[C@H](C)C[C@H](CC=O)[C@H](O[C@@H]2O[C@H](C)[C@@H](O[C@H]3C[C@@](C)(OC(C)=O)[C@@H](OC(=O)CC)[C@H](C)O3)[C@H](N(C)C)[C@H]2O)[C@H]1OC. The number of cyclic esters (lactones) is 1. The topological polar surface area (TPSA) is 221 Å². The van der Waals surface area contributed by atoms with Gasteiger partial charge in [-0.25, -0.2) is 0 Å². The van der Waals surface area contributed by atoms with Crippen molar-refractivity contribution in [3.05, 3.63) is 35.9 Å². The molecule has 3 heterocycles. The number of aliphatic hydroxyl groups excluding tert-OH is 1. The molecule has 3 aliphatic heterocycles. The molecular formula is C52H82N2O17. The Morgan fingerprint density at radius 1 is 0.887 bits per heavy atom. The van der Waals surface area contributed by atoms with Gasteiger partial charge in [0.25, 0.3) is 0 Å². The van der Waals surface area contributed by atoms with Crippen LogP contribution in [0.5, 0.6) is 0 Å². The van der Waals surface area contributed by atoms with Gasteiger partial charge in [0.2, 0.25) is 0 Å². The van der Waals surface area contributed by atoms with Crippen molar-refractivity contribution in [2.24, 2.45) is 11.8 Å². The molecule has 71 heavy (non-hydrogen) atoms. The van der Waals surface area contributed by atoms with E-state index >= 15 is 0 Å². The van der Waals surface area contributed by atoms with E-state index < -0.39 is 127 Å². The largest absolute Gasteiger partial charge is 0.463 e. The molecule has 1 aromatic carbocycles. The fourth-order valence-electron chi connectivity index (χ4n) is 10.1. The lowest BCUT2D eigenvalue weighted by atomic mass is 9.82. The molecule has 3 aliphatic rings. The molecule has 0 saturated carbocycles. The lowest BCUT2D eigenvalue weighted by Gasteiger charge is -2.50. The number of carbonyl (C=O) groups excluding carboxylic acids is 6. The van der Waals surface area contributed by atoms with Crippen LogP contribution in [0.15, 0.2) is 30.3 Å². The molecule has 19 nitrogen and oxygen atoms in total. The Hall–Kier alpha value is -4.08. The fourth-order valence-corrected chi connectivity index (χ4v) is 10.1. The third kappa shape index (κ3) is 17.5. The van der Waals surface area contributed by atoms with Crippen LogP contribution in [0.1, 0.15) is 119 Å². The zero-order valence-electron chi connectivity index (χ0n) is 44.0. The molecule has 0 radical (unpaired) electrons. The number of rotatable bonds is 18. The van der Waals surface area contributed by atoms with E-state index in [0.717, 1.165) is 19.1 Å². The monoisotopic (exact) mass is 1010 g/mol. The number of carbonyl (C=O) groups is 6. The van der Waals surface area contributed by atoms with Crippen LogP contribution in [-0.4, -0.2) is 177 Å². The van der Waals surface area contributed by atoms with Crippen molar-refractivity contribution in [3.8, 4) is 0 Å². The van der Waals surface area contributed by atoms with Gasteiger partial charge in [-0.1, -0.05) is 51.1 Å². The summed E-state index contributed by atoms with van der Waals surface area (Å²) in [5.74, 6) is -3.96. The first-order valence-electron chi connectivity index (χ1n) is 25.3. The van der Waals surface area contributed by atoms with E-state index in [1.54, 1.807) is 60.5 Å². The minimum atomic E-state index is -1.45. The second-order valence-corrected chi connectivity index (χ2v) is 19.8. The van der Waals surface area contributed by atoms with Crippen LogP contribution < -0.4 is 0 Å². The van der Waals surface area contributed by atoms with Crippen molar-refractivity contribution in [2.75, 3.05) is 40.8 Å². The molecule has 19 heteroatoms. The van der Waals surface area contributed by atoms with Crippen molar-refractivity contribution >= 4 is 36.1 Å². The molecule has 0 spiro atoms. The number of benzene rings is 1. The van der Waals surface area contributed by atoms with E-state index in [4.69, 9.17) is 47.4 Å². The summed E-state index contributed by atoms with van der Waals surface area (Å²) in [4.78, 5) is 81.3. The number of nitrogens with zero attached hydrogens (tertiary/aromatic N) is 2. The number of aliphatic hydroxyl groups is 1. The van der Waals surface area contributed by atoms with Gasteiger partial charge in [-0.05, 0) is 91.4 Å². The first-order valence-corrected chi connectivity index (χ1v) is 25.3. The highest BCUT2D eigenvalue weighted by molar-refractivity contribution is 5.73. The highest BCUT2D eigenvalue weighted by atomic mass is 16.7. The maximum absolute atomic E-state index is 13.8. The molecule has 0 unspecified atom stereocenters. The summed E-state index contributed by atoms with van der Waals surface area (Å²) < 4.78 is 61.9. The molecule has 0 bridgehead atoms. The third-order valence-corrected chi connectivity index (χ3v) is 13.7. The lowest BCUT2D eigenvalue weighted by Crippen LogP contribution is -2.66. The Balaban J connectivity index is 1.73. The fraction of sp³-hybridized carbons (Fsp3) is 0.769. The van der Waals surface area contributed by atoms with E-state index in [1.165, 1.54) is 26.5 Å². The highest BCUT2D eigenvalue weighted by Gasteiger charge is 2.54. The number of hydrogen-bond donors (Lipinski definition) is 1. The molecular weight excluding hydrogens is 925 g/mol. The third-order valence-electron chi connectivity index (χ3n) is 13.7. The van der Waals surface area contributed by atoms with Gasteiger partial charge in [0.1, 0.15) is 42.9 Å². The Bertz CT molecular complexity index is 1850. The quantitative estimate of drug-likeness (QED) is 0.119. The summed E-state index contributed by atoms with van der Waals surface area (Å²) in [6, 6.07) is 9.29. The van der Waals surface area contributed by atoms with Crippen molar-refractivity contribution < 1.29 is 81.2 Å². The van der Waals surface area contributed by atoms with Crippen LogP contribution in [-0.2, 0) is 82.6 Å². The summed E-state index contributed by atoms with van der Waals surface area (Å²) in [6.45, 7) is 16.2. The number of hydrogen-bond acceptors (Lipinski definition) is 19. The van der Waals surface area contributed by atoms with Crippen LogP contribution in [0.2, 0.25) is 0 Å². The van der Waals surface area contributed by atoms with Crippen molar-refractivity contribution in [2.45, 2.75) is 205 Å². The van der Waals surface area contributed by atoms with Gasteiger partial charge in [-0.3, -0.25) is 28.9 Å². The molecule has 3 saturated heterocycles. The Morgan fingerprint density at radius 2 is 1.56 bits per heavy atom. The van der Waals surface area contributed by atoms with E-state index in [0.29, 0.717) is 26.1 Å². The maximum Gasteiger partial charge on any atom is 0.309 e. The van der Waals surface area contributed by atoms with Crippen LogP contribution >= 0.6 is 0 Å². The molecule has 3 fully saturated rings. The van der Waals surface area contributed by atoms with Crippen molar-refractivity contribution in [3.63, 3.8) is 0 Å². The molecule has 0 amide bonds. The number of aryl methyl sites for hydroxylation is 1. The highest BCUT2D eigenvalue weighted by Crippen LogP contribution is 2.39. The minimum Gasteiger partial charge on any atom is -0.463 e. The van der Waals surface area contributed by atoms with E-state index in [1.807, 2.05) is 25.1 Å². The first-order chi connectivity index (χ1) is 33.6. The van der Waals surface area contributed by atoms with Gasteiger partial charge in [-0.2, -0.15) is 0 Å². The zero-order chi connectivity index (χ0) is 52.6. The predicted octanol–water partition coefficient (Wildman–Crippen LogP) is 4.73. The molecule has 1 aromatic rings. The standard InChI is InChI=1S/C52H82N2O17/c1-13-41(58)67-39-28-43(60)63-32(4)22-25-54(24-18-21-37-19-16-15-17-20-37)30-40(66-35(7)56)31(3)27-38(23-26-55)48(49(39)62-12)70-51-46(61)45(53(10)11)47(33(5)65-51)69-44-29-52(9,71-36(8)57)50(34(6)64-44)68-42(59)14-2/h15-17,19-20,26,31-34,38-40,44-51,61H,13-14,18,21-25,27-30H2,1-12H3/t31-,32-,33-,34+,38+,39-,40+,44+,45-,46-,47-,48+,49+,50+,51+,52-/m1/s1. The summed E-state index contributed by atoms with van der Waals surface area (Å²) >= 11 is 0. The summed E-state index contributed by atoms with van der Waals surface area (Å²) in [7, 11) is 4.87. The molecule has 1 N–H and O–H groups in total. The Morgan fingerprint density at radius 3 is 2.17 bits per heavy atom. The van der Waals surface area contributed by atoms with E-state index in [9.17, 15) is 33.9 Å². The number of esters is 5. The predicted molar refractivity (Wildman–Crippen MR) is 257 cm³/mol. The average Bonchev–Trinajstić information content (AvgIpc) is 3.29. The van der Waals surface area contributed by atoms with Gasteiger partial charge in [0.05, 0.1) is 30.8 Å². The van der Waals surface area contributed by atoms with E-state index in [2.05, 4.69) is 17.0 Å². The van der Waals surface area contributed by atoms with Gasteiger partial charge in [0, 0.05) is 59.7 Å². The molecule has 0 aromatic heterocycles. The normalized spacial score (nSPS) is 34.7. The maximum atomic E-state index is 13.8. The van der Waals surface area contributed by atoms with Gasteiger partial charge in [0.15, 0.2) is 24.3 Å². The molecule has 16 atom stereocenters. The smallest absolute Gasteiger partial charge is 0.309 e.